The van der Waals surface area contributed by atoms with Gasteiger partial charge in [0.05, 0.1) is 44.2 Å². The fraction of sp³-hybridized carbons (Fsp3) is 0.952. The first-order valence-electron chi connectivity index (χ1n) is 14.9. The molecule has 6 unspecified atom stereocenters. The summed E-state index contributed by atoms with van der Waals surface area (Å²) in [6, 6.07) is -0.390. The Bertz CT molecular complexity index is 1300. The van der Waals surface area contributed by atoms with Crippen molar-refractivity contribution >= 4 is 29.4 Å². The number of nitrogens with two attached hydrogens (primary N) is 2. The molecule has 0 aromatic heterocycles. The van der Waals surface area contributed by atoms with Crippen LogP contribution in [-0.4, -0.2) is 158 Å². The summed E-state index contributed by atoms with van der Waals surface area (Å²) in [6.45, 7) is -0.986. The Morgan fingerprint density at radius 1 is 0.896 bits per heavy atom. The van der Waals surface area contributed by atoms with Crippen molar-refractivity contribution in [3.05, 3.63) is 0 Å². The van der Waals surface area contributed by atoms with Crippen LogP contribution in [0.5, 0.6) is 0 Å². The third kappa shape index (κ3) is 9.06. The Labute approximate surface area is 273 Å². The highest BCUT2D eigenvalue weighted by Gasteiger charge is 2.55. The lowest BCUT2D eigenvalue weighted by Gasteiger charge is -2.39. The van der Waals surface area contributed by atoms with Gasteiger partial charge in [-0.2, -0.15) is 4.31 Å². The predicted octanol–water partition coefficient (Wildman–Crippen LogP) is -5.56. The van der Waals surface area contributed by atoms with Gasteiger partial charge >= 0.3 is 23.5 Å². The highest BCUT2D eigenvalue weighted by Crippen LogP contribution is 2.61. The molecule has 0 saturated carbocycles. The summed E-state index contributed by atoms with van der Waals surface area (Å²) in [6.07, 6.45) is -12.0. The van der Waals surface area contributed by atoms with Gasteiger partial charge in [0.2, 0.25) is 5.91 Å². The number of rotatable bonds is 13. The summed E-state index contributed by atoms with van der Waals surface area (Å²) >= 11 is 0. The Morgan fingerprint density at radius 2 is 1.52 bits per heavy atom. The van der Waals surface area contributed by atoms with Gasteiger partial charge in [0.1, 0.15) is 49.1 Å². The van der Waals surface area contributed by atoms with Gasteiger partial charge in [-0.05, 0) is 12.8 Å². The summed E-state index contributed by atoms with van der Waals surface area (Å²) in [4.78, 5) is 53.9. The van der Waals surface area contributed by atoms with E-state index in [2.05, 4.69) is 20.3 Å². The van der Waals surface area contributed by atoms with Crippen molar-refractivity contribution in [1.82, 2.24) is 25.8 Å². The smallest absolute Gasteiger partial charge is 0.387 e. The quantitative estimate of drug-likeness (QED) is 0.0779. The Kier molecular flexibility index (Phi) is 12.2. The molecule has 0 bridgehead atoms. The van der Waals surface area contributed by atoms with Crippen LogP contribution in [-0.2, 0) is 45.8 Å². The number of ether oxygens (including phenoxy) is 2. The molecule has 5 rings (SSSR count). The molecule has 5 fully saturated rings. The highest BCUT2D eigenvalue weighted by molar-refractivity contribution is 7.61. The number of phosphoric ester groups is 3. The first kappa shape index (κ1) is 38.6. The molecule has 14 N–H and O–H groups in total. The number of fused-ring (bicyclic) bond motifs is 1. The standard InChI is InChI=1S/C21H42N7O17P3/c22-17-12-19(25-7-24-17)28(8-26-12)21-16(44-46(33,34)35)14(30)11(43-21)6-41-48(38,39)45-47(36,37)40-5-10-13(29)15(31)20(42-10)27-3-1-2-9(4-27)18(23)32/h9-17,19-21,24-26,29-31H,1-8,22H2,(H2,23,32)(H,36,37)(H,38,39)(H2,33,34,35)/t9?,10-,11-,12?,13-,14-,15-,16-,17?,19?,20-,21+/m0/s1. The summed E-state index contributed by atoms with van der Waals surface area (Å²) in [7, 11) is -16.1. The maximum atomic E-state index is 12.6. The molecule has 0 aromatic carbocycles. The lowest BCUT2D eigenvalue weighted by Crippen LogP contribution is -2.68. The molecule has 0 aliphatic carbocycles. The number of aliphatic hydroxyl groups excluding tert-OH is 3. The first-order valence-corrected chi connectivity index (χ1v) is 19.4. The zero-order chi connectivity index (χ0) is 35.2. The Balaban J connectivity index is 1.15. The Morgan fingerprint density at radius 3 is 2.15 bits per heavy atom. The molecule has 27 heteroatoms. The van der Waals surface area contributed by atoms with Crippen molar-refractivity contribution in [2.45, 2.75) is 80.3 Å². The number of carbonyl (C=O) groups is 1. The molecule has 24 nitrogen and oxygen atoms in total. The Hall–Kier alpha value is -0.600. The van der Waals surface area contributed by atoms with E-state index in [1.807, 2.05) is 0 Å². The molecule has 5 saturated heterocycles. The lowest BCUT2D eigenvalue weighted by molar-refractivity contribution is -0.131. The normalized spacial score (nSPS) is 42.3. The molecule has 5 heterocycles. The SMILES string of the molecule is NC(=O)C1CCCN([C@H]2O[C@@H](COP(=O)(O)OP(=O)(O)OC[C@@H]3O[C@@H](N4CNC5C(N)NCNC54)[C@@H](OP(=O)(O)O)[C@H]3O)[C@H](O)[C@@H]2O)C1. The molecular formula is C21H42N7O17P3. The van der Waals surface area contributed by atoms with E-state index in [9.17, 15) is 53.4 Å². The zero-order valence-corrected chi connectivity index (χ0v) is 27.9. The van der Waals surface area contributed by atoms with Gasteiger partial charge in [0.25, 0.3) is 0 Å². The minimum atomic E-state index is -5.46. The maximum Gasteiger partial charge on any atom is 0.481 e. The van der Waals surface area contributed by atoms with Crippen LogP contribution in [0.2, 0.25) is 0 Å². The van der Waals surface area contributed by atoms with Crippen LogP contribution in [0.3, 0.4) is 0 Å². The number of nitrogens with zero attached hydrogens (tertiary/aromatic N) is 2. The largest absolute Gasteiger partial charge is 0.481 e. The summed E-state index contributed by atoms with van der Waals surface area (Å²) in [5, 5.41) is 40.9. The van der Waals surface area contributed by atoms with E-state index in [1.54, 1.807) is 4.90 Å². The van der Waals surface area contributed by atoms with Crippen LogP contribution >= 0.6 is 23.5 Å². The third-order valence-corrected chi connectivity index (χ3v) is 11.8. The molecule has 48 heavy (non-hydrogen) atoms. The topological polar surface area (TPSA) is 360 Å². The summed E-state index contributed by atoms with van der Waals surface area (Å²) < 4.78 is 66.8. The van der Waals surface area contributed by atoms with Crippen LogP contribution in [0.25, 0.3) is 0 Å². The molecular weight excluding hydrogens is 715 g/mol. The van der Waals surface area contributed by atoms with E-state index in [0.29, 0.717) is 19.4 Å². The van der Waals surface area contributed by atoms with E-state index >= 15 is 0 Å². The fourth-order valence-electron chi connectivity index (χ4n) is 6.40. The number of aliphatic hydroxyl groups is 3. The number of phosphoric acid groups is 3. The van der Waals surface area contributed by atoms with Gasteiger partial charge in [0.15, 0.2) is 0 Å². The van der Waals surface area contributed by atoms with E-state index in [1.165, 1.54) is 4.90 Å². The minimum absolute atomic E-state index is 0.0689. The van der Waals surface area contributed by atoms with E-state index in [-0.39, 0.29) is 25.9 Å². The number of piperidine rings is 1. The van der Waals surface area contributed by atoms with Crippen molar-refractivity contribution in [2.24, 2.45) is 17.4 Å². The number of nitrogens with one attached hydrogen (secondary N) is 3. The monoisotopic (exact) mass is 757 g/mol. The number of amides is 1. The lowest BCUT2D eigenvalue weighted by atomic mass is 9.96. The van der Waals surface area contributed by atoms with Crippen molar-refractivity contribution in [3.63, 3.8) is 0 Å². The molecule has 5 aliphatic rings. The first-order chi connectivity index (χ1) is 22.4. The third-order valence-electron chi connectivity index (χ3n) is 8.70. The second-order valence-electron chi connectivity index (χ2n) is 12.0. The number of likely N-dealkylation sites (tertiary alicyclic amines) is 1. The molecule has 14 atom stereocenters. The molecule has 5 aliphatic heterocycles. The molecule has 1 amide bonds. The second-order valence-corrected chi connectivity index (χ2v) is 16.2. The zero-order valence-electron chi connectivity index (χ0n) is 25.2. The molecule has 0 spiro atoms. The minimum Gasteiger partial charge on any atom is -0.387 e. The van der Waals surface area contributed by atoms with Gasteiger partial charge in [-0.25, -0.2) is 18.6 Å². The summed E-state index contributed by atoms with van der Waals surface area (Å²) in [5.74, 6) is -1.04. The van der Waals surface area contributed by atoms with Crippen LogP contribution in [0.4, 0.5) is 0 Å². The molecule has 0 radical (unpaired) electrons. The van der Waals surface area contributed by atoms with Gasteiger partial charge < -0.3 is 55.8 Å². The van der Waals surface area contributed by atoms with Gasteiger partial charge in [0, 0.05) is 19.8 Å². The molecule has 0 aromatic rings. The van der Waals surface area contributed by atoms with Gasteiger partial charge in [-0.15, -0.1) is 0 Å². The van der Waals surface area contributed by atoms with Crippen LogP contribution in [0, 0.1) is 5.92 Å². The van der Waals surface area contributed by atoms with E-state index < -0.39 is 110 Å². The fourth-order valence-corrected chi connectivity index (χ4v) is 9.03. The average Bonchev–Trinajstić information content (AvgIpc) is 3.64. The van der Waals surface area contributed by atoms with Crippen LogP contribution < -0.4 is 27.4 Å². The highest BCUT2D eigenvalue weighted by atomic mass is 31.3. The van der Waals surface area contributed by atoms with E-state index in [4.69, 9.17) is 34.5 Å². The number of hydrogen-bond acceptors (Lipinski definition) is 19. The number of hydrogen-bond donors (Lipinski definition) is 12. The van der Waals surface area contributed by atoms with Crippen molar-refractivity contribution in [3.8, 4) is 0 Å². The van der Waals surface area contributed by atoms with Gasteiger partial charge in [-0.1, -0.05) is 0 Å². The van der Waals surface area contributed by atoms with Crippen LogP contribution in [0.15, 0.2) is 0 Å². The predicted molar refractivity (Wildman–Crippen MR) is 155 cm³/mol. The van der Waals surface area contributed by atoms with Crippen molar-refractivity contribution < 1.29 is 80.7 Å². The summed E-state index contributed by atoms with van der Waals surface area (Å²) in [5.41, 5.74) is 11.4. The van der Waals surface area contributed by atoms with Crippen LogP contribution in [0.1, 0.15) is 12.8 Å². The van der Waals surface area contributed by atoms with Crippen molar-refractivity contribution in [2.75, 3.05) is 39.6 Å². The number of primary amides is 1. The number of carbonyl (C=O) groups excluding carboxylic acids is 1. The molecule has 278 valence electrons. The second kappa shape index (κ2) is 15.2. The average molecular weight is 758 g/mol. The van der Waals surface area contributed by atoms with Crippen molar-refractivity contribution in [1.29, 1.82) is 0 Å². The van der Waals surface area contributed by atoms with E-state index in [0.717, 1.165) is 0 Å². The van der Waals surface area contributed by atoms with Gasteiger partial charge in [-0.3, -0.25) is 39.2 Å². The maximum absolute atomic E-state index is 12.6.